The Hall–Kier alpha value is -3.04. The number of allylic oxidation sites excluding steroid dienone is 1. The fraction of sp³-hybridized carbons (Fsp3) is 0.259. The number of rotatable bonds is 8. The van der Waals surface area contributed by atoms with E-state index in [4.69, 9.17) is 4.74 Å². The van der Waals surface area contributed by atoms with Crippen molar-refractivity contribution < 1.29 is 9.84 Å². The van der Waals surface area contributed by atoms with E-state index in [1.54, 1.807) is 6.07 Å². The van der Waals surface area contributed by atoms with E-state index in [0.717, 1.165) is 35.4 Å². The van der Waals surface area contributed by atoms with E-state index >= 15 is 0 Å². The van der Waals surface area contributed by atoms with Crippen LogP contribution in [0, 0.1) is 6.92 Å². The molecule has 0 saturated carbocycles. The van der Waals surface area contributed by atoms with Gasteiger partial charge in [0.25, 0.3) is 0 Å². The van der Waals surface area contributed by atoms with E-state index in [1.165, 1.54) is 16.7 Å². The largest absolute Gasteiger partial charge is 0.508 e. The number of aryl methyl sites for hydroxylation is 1. The quantitative estimate of drug-likeness (QED) is 0.469. The zero-order chi connectivity index (χ0) is 21.5. The van der Waals surface area contributed by atoms with Crippen molar-refractivity contribution in [3.63, 3.8) is 0 Å². The van der Waals surface area contributed by atoms with Crippen molar-refractivity contribution in [2.24, 2.45) is 0 Å². The minimum atomic E-state index is 0.290. The first-order chi connectivity index (χ1) is 14.5. The van der Waals surface area contributed by atoms with Crippen molar-refractivity contribution in [1.29, 1.82) is 0 Å². The van der Waals surface area contributed by atoms with Crippen molar-refractivity contribution >= 4 is 11.1 Å². The van der Waals surface area contributed by atoms with Gasteiger partial charge >= 0.3 is 0 Å². The molecule has 1 N–H and O–H groups in total. The van der Waals surface area contributed by atoms with Gasteiger partial charge in [0, 0.05) is 6.54 Å². The molecule has 0 unspecified atom stereocenters. The van der Waals surface area contributed by atoms with Gasteiger partial charge in [-0.2, -0.15) is 0 Å². The van der Waals surface area contributed by atoms with Crippen LogP contribution < -0.4 is 4.74 Å². The summed E-state index contributed by atoms with van der Waals surface area (Å²) < 4.78 is 5.88. The fourth-order valence-corrected chi connectivity index (χ4v) is 3.65. The molecule has 0 fully saturated rings. The van der Waals surface area contributed by atoms with Crippen LogP contribution in [0.2, 0.25) is 0 Å². The third-order valence-electron chi connectivity index (χ3n) is 5.21. The van der Waals surface area contributed by atoms with Gasteiger partial charge in [-0.1, -0.05) is 55.5 Å². The number of hydrogen-bond donors (Lipinski definition) is 1. The van der Waals surface area contributed by atoms with Crippen LogP contribution in [-0.4, -0.2) is 37.3 Å². The lowest BCUT2D eigenvalue weighted by molar-refractivity contribution is 0.261. The number of benzene rings is 3. The summed E-state index contributed by atoms with van der Waals surface area (Å²) in [7, 11) is 4.08. The minimum absolute atomic E-state index is 0.290. The Morgan fingerprint density at radius 2 is 1.60 bits per heavy atom. The molecule has 3 aromatic rings. The van der Waals surface area contributed by atoms with Crippen LogP contribution in [-0.2, 0) is 0 Å². The summed E-state index contributed by atoms with van der Waals surface area (Å²) in [6.45, 7) is 5.78. The van der Waals surface area contributed by atoms with Crippen molar-refractivity contribution in [1.82, 2.24) is 4.90 Å². The zero-order valence-corrected chi connectivity index (χ0v) is 18.4. The summed E-state index contributed by atoms with van der Waals surface area (Å²) in [4.78, 5) is 2.11. The van der Waals surface area contributed by atoms with Crippen molar-refractivity contribution in [3.8, 4) is 11.5 Å². The number of nitrogens with zero attached hydrogens (tertiary/aromatic N) is 1. The van der Waals surface area contributed by atoms with Gasteiger partial charge in [-0.3, -0.25) is 0 Å². The van der Waals surface area contributed by atoms with Gasteiger partial charge in [0.15, 0.2) is 0 Å². The Balaban J connectivity index is 2.07. The van der Waals surface area contributed by atoms with Crippen molar-refractivity contribution in [3.05, 3.63) is 95.1 Å². The third kappa shape index (κ3) is 5.31. The first kappa shape index (κ1) is 21.7. The number of likely N-dealkylation sites (N-methyl/N-ethyl adjacent to an activating group) is 1. The molecule has 0 radical (unpaired) electrons. The standard InChI is InChI=1S/C27H31NO2/c1-5-25(21-9-7-6-8-10-21)27(26-16-13-23(29)19-20(26)2)22-11-14-24(15-12-22)30-18-17-28(3)4/h6-16,19,29H,5,17-18H2,1-4H3/b27-25+. The highest BCUT2D eigenvalue weighted by Gasteiger charge is 2.15. The molecule has 0 bridgehead atoms. The molecule has 0 aliphatic carbocycles. The monoisotopic (exact) mass is 401 g/mol. The molecular formula is C27H31NO2. The highest BCUT2D eigenvalue weighted by Crippen LogP contribution is 2.37. The van der Waals surface area contributed by atoms with Crippen LogP contribution in [0.3, 0.4) is 0 Å². The maximum atomic E-state index is 9.92. The van der Waals surface area contributed by atoms with Crippen LogP contribution in [0.1, 0.15) is 35.6 Å². The van der Waals surface area contributed by atoms with Gasteiger partial charge in [0.05, 0.1) is 0 Å². The molecule has 3 heteroatoms. The molecule has 3 rings (SSSR count). The van der Waals surface area contributed by atoms with Crippen molar-refractivity contribution in [2.75, 3.05) is 27.2 Å². The molecule has 30 heavy (non-hydrogen) atoms. The molecule has 0 atom stereocenters. The van der Waals surface area contributed by atoms with Crippen LogP contribution in [0.15, 0.2) is 72.8 Å². The highest BCUT2D eigenvalue weighted by molar-refractivity contribution is 5.99. The summed E-state index contributed by atoms with van der Waals surface area (Å²) in [5, 5.41) is 9.92. The van der Waals surface area contributed by atoms with Crippen LogP contribution in [0.5, 0.6) is 11.5 Å². The average molecular weight is 402 g/mol. The first-order valence-electron chi connectivity index (χ1n) is 10.5. The van der Waals surface area contributed by atoms with E-state index in [9.17, 15) is 5.11 Å². The Morgan fingerprint density at radius 1 is 0.900 bits per heavy atom. The Morgan fingerprint density at radius 3 is 2.20 bits per heavy atom. The topological polar surface area (TPSA) is 32.7 Å². The second-order valence-electron chi connectivity index (χ2n) is 7.75. The lowest BCUT2D eigenvalue weighted by Gasteiger charge is -2.19. The van der Waals surface area contributed by atoms with Crippen LogP contribution in [0.25, 0.3) is 11.1 Å². The maximum Gasteiger partial charge on any atom is 0.119 e. The molecule has 0 aliphatic rings. The number of phenolic OH excluding ortho intramolecular Hbond substituents is 1. The average Bonchev–Trinajstić information content (AvgIpc) is 2.74. The molecule has 0 aromatic heterocycles. The molecule has 0 aliphatic heterocycles. The second kappa shape index (κ2) is 10.1. The van der Waals surface area contributed by atoms with Crippen molar-refractivity contribution in [2.45, 2.75) is 20.3 Å². The molecular weight excluding hydrogens is 370 g/mol. The number of phenols is 1. The molecule has 0 saturated heterocycles. The predicted octanol–water partition coefficient (Wildman–Crippen LogP) is 6.01. The smallest absolute Gasteiger partial charge is 0.119 e. The molecule has 3 aromatic carbocycles. The lowest BCUT2D eigenvalue weighted by atomic mass is 9.86. The summed E-state index contributed by atoms with van der Waals surface area (Å²) >= 11 is 0. The van der Waals surface area contributed by atoms with E-state index in [0.29, 0.717) is 6.61 Å². The molecule has 0 amide bonds. The summed E-state index contributed by atoms with van der Waals surface area (Å²) in [5.41, 5.74) is 7.03. The zero-order valence-electron chi connectivity index (χ0n) is 18.4. The Labute approximate surface area is 180 Å². The van der Waals surface area contributed by atoms with Gasteiger partial charge in [-0.05, 0) is 85.1 Å². The number of ether oxygens (including phenoxy) is 1. The number of aromatic hydroxyl groups is 1. The Kier molecular flexibility index (Phi) is 7.31. The SMILES string of the molecule is CC/C(=C(/c1ccc(OCCN(C)C)cc1)c1ccc(O)cc1C)c1ccccc1. The van der Waals surface area contributed by atoms with Gasteiger partial charge in [-0.15, -0.1) is 0 Å². The van der Waals surface area contributed by atoms with Gasteiger partial charge in [-0.25, -0.2) is 0 Å². The number of hydrogen-bond acceptors (Lipinski definition) is 3. The molecule has 0 spiro atoms. The first-order valence-corrected chi connectivity index (χ1v) is 10.5. The maximum absolute atomic E-state index is 9.92. The summed E-state index contributed by atoms with van der Waals surface area (Å²) in [5.74, 6) is 1.16. The normalized spacial score (nSPS) is 12.0. The van der Waals surface area contributed by atoms with E-state index in [1.807, 2.05) is 51.4 Å². The van der Waals surface area contributed by atoms with E-state index in [2.05, 4.69) is 48.2 Å². The second-order valence-corrected chi connectivity index (χ2v) is 7.75. The van der Waals surface area contributed by atoms with Crippen LogP contribution >= 0.6 is 0 Å². The highest BCUT2D eigenvalue weighted by atomic mass is 16.5. The van der Waals surface area contributed by atoms with Crippen LogP contribution in [0.4, 0.5) is 0 Å². The predicted molar refractivity (Wildman–Crippen MR) is 126 cm³/mol. The lowest BCUT2D eigenvalue weighted by Crippen LogP contribution is -2.19. The van der Waals surface area contributed by atoms with Gasteiger partial charge in [0.2, 0.25) is 0 Å². The molecule has 0 heterocycles. The Bertz CT molecular complexity index is 989. The van der Waals surface area contributed by atoms with E-state index < -0.39 is 0 Å². The summed E-state index contributed by atoms with van der Waals surface area (Å²) in [6.07, 6.45) is 0.904. The minimum Gasteiger partial charge on any atom is -0.508 e. The molecule has 3 nitrogen and oxygen atoms in total. The van der Waals surface area contributed by atoms with E-state index in [-0.39, 0.29) is 5.75 Å². The third-order valence-corrected chi connectivity index (χ3v) is 5.21. The fourth-order valence-electron chi connectivity index (χ4n) is 3.65. The van der Waals surface area contributed by atoms with Gasteiger partial charge < -0.3 is 14.7 Å². The summed E-state index contributed by atoms with van der Waals surface area (Å²) in [6, 6.07) is 24.5. The van der Waals surface area contributed by atoms with Gasteiger partial charge in [0.1, 0.15) is 18.1 Å². The molecule has 156 valence electrons.